The van der Waals surface area contributed by atoms with Gasteiger partial charge >= 0.3 is 7.82 Å². The van der Waals surface area contributed by atoms with Crippen molar-refractivity contribution < 1.29 is 18.5 Å². The van der Waals surface area contributed by atoms with E-state index in [2.05, 4.69) is 50.3 Å². The highest BCUT2D eigenvalue weighted by atomic mass is 79.9. The molecule has 19 heavy (non-hydrogen) atoms. The second-order valence-electron chi connectivity index (χ2n) is 3.26. The first-order valence-electron chi connectivity index (χ1n) is 5.49. The van der Waals surface area contributed by atoms with E-state index >= 15 is 0 Å². The lowest BCUT2D eigenvalue weighted by atomic mass is 10.2. The van der Waals surface area contributed by atoms with E-state index in [0.717, 1.165) is 5.33 Å². The van der Waals surface area contributed by atoms with E-state index in [-0.39, 0.29) is 13.2 Å². The SMILES string of the molecule is BrCc1ccccc1.C=CCOP(=O)(O)OCC=C. The highest BCUT2D eigenvalue weighted by Crippen LogP contribution is 2.42. The maximum Gasteiger partial charge on any atom is 0.472 e. The average Bonchev–Trinajstić information content (AvgIpc) is 2.45. The molecule has 0 aliphatic carbocycles. The molecule has 6 heteroatoms. The van der Waals surface area contributed by atoms with Crippen LogP contribution >= 0.6 is 23.8 Å². The largest absolute Gasteiger partial charge is 0.472 e. The first-order chi connectivity index (χ1) is 9.05. The quantitative estimate of drug-likeness (QED) is 0.458. The molecule has 0 saturated heterocycles. The molecule has 0 aliphatic rings. The Morgan fingerprint density at radius 2 is 1.63 bits per heavy atom. The molecule has 0 saturated carbocycles. The standard InChI is InChI=1S/C7H7Br.C6H11O4P/c8-6-7-4-2-1-3-5-7;1-3-5-9-11(7,8)10-6-4-2/h1-5H,6H2;3-4H,1-2,5-6H2,(H,7,8). The van der Waals surface area contributed by atoms with Crippen molar-refractivity contribution in [3.05, 3.63) is 61.2 Å². The lowest BCUT2D eigenvalue weighted by Crippen LogP contribution is -1.94. The van der Waals surface area contributed by atoms with Crippen LogP contribution in [0.1, 0.15) is 5.56 Å². The van der Waals surface area contributed by atoms with E-state index in [1.165, 1.54) is 17.7 Å². The van der Waals surface area contributed by atoms with Crippen molar-refractivity contribution in [3.8, 4) is 0 Å². The van der Waals surface area contributed by atoms with Gasteiger partial charge in [-0.05, 0) is 5.56 Å². The summed E-state index contributed by atoms with van der Waals surface area (Å²) >= 11 is 3.36. The summed E-state index contributed by atoms with van der Waals surface area (Å²) in [5.74, 6) is 0. The summed E-state index contributed by atoms with van der Waals surface area (Å²) in [6.07, 6.45) is 2.72. The summed E-state index contributed by atoms with van der Waals surface area (Å²) in [6.45, 7) is 6.60. The van der Waals surface area contributed by atoms with Crippen molar-refractivity contribution in [2.45, 2.75) is 5.33 Å². The molecule has 0 amide bonds. The summed E-state index contributed by atoms with van der Waals surface area (Å²) in [5, 5.41) is 0.952. The van der Waals surface area contributed by atoms with Crippen molar-refractivity contribution in [3.63, 3.8) is 0 Å². The van der Waals surface area contributed by atoms with Crippen LogP contribution in [0, 0.1) is 0 Å². The minimum atomic E-state index is -3.87. The number of halogens is 1. The van der Waals surface area contributed by atoms with Gasteiger partial charge < -0.3 is 4.89 Å². The molecule has 106 valence electrons. The minimum absolute atomic E-state index is 0.00901. The molecule has 0 aliphatic heterocycles. The maximum atomic E-state index is 10.7. The van der Waals surface area contributed by atoms with Crippen molar-refractivity contribution in [2.24, 2.45) is 0 Å². The second kappa shape index (κ2) is 11.1. The molecule has 1 N–H and O–H groups in total. The zero-order valence-corrected chi connectivity index (χ0v) is 13.1. The molecule has 0 fully saturated rings. The molecule has 0 aromatic heterocycles. The number of rotatable bonds is 7. The third-order valence-electron chi connectivity index (χ3n) is 1.71. The van der Waals surface area contributed by atoms with Crippen LogP contribution in [0.15, 0.2) is 55.6 Å². The zero-order chi connectivity index (χ0) is 14.6. The van der Waals surface area contributed by atoms with Gasteiger partial charge in [0.05, 0.1) is 13.2 Å². The fourth-order valence-corrected chi connectivity index (χ4v) is 1.93. The molecule has 4 nitrogen and oxygen atoms in total. The maximum absolute atomic E-state index is 10.7. The topological polar surface area (TPSA) is 55.8 Å². The monoisotopic (exact) mass is 348 g/mol. The highest BCUT2D eigenvalue weighted by molar-refractivity contribution is 9.08. The van der Waals surface area contributed by atoms with Crippen LogP contribution in [0.25, 0.3) is 0 Å². The smallest absolute Gasteiger partial charge is 0.302 e. The Balaban J connectivity index is 0.000000356. The van der Waals surface area contributed by atoms with E-state index in [1.54, 1.807) is 0 Å². The third-order valence-corrected chi connectivity index (χ3v) is 3.31. The fourth-order valence-electron chi connectivity index (χ4n) is 0.898. The van der Waals surface area contributed by atoms with Gasteiger partial charge in [-0.15, -0.1) is 13.2 Å². The zero-order valence-electron chi connectivity index (χ0n) is 10.6. The van der Waals surface area contributed by atoms with E-state index in [9.17, 15) is 4.57 Å². The Morgan fingerprint density at radius 3 is 1.95 bits per heavy atom. The second-order valence-corrected chi connectivity index (χ2v) is 5.27. The van der Waals surface area contributed by atoms with Gasteiger partial charge in [0.25, 0.3) is 0 Å². The van der Waals surface area contributed by atoms with Gasteiger partial charge in [-0.2, -0.15) is 0 Å². The fraction of sp³-hybridized carbons (Fsp3) is 0.231. The molecule has 0 unspecified atom stereocenters. The number of hydrogen-bond donors (Lipinski definition) is 1. The number of phosphoric ester groups is 1. The molecular weight excluding hydrogens is 331 g/mol. The van der Waals surface area contributed by atoms with Crippen LogP contribution in [0.3, 0.4) is 0 Å². The molecule has 1 rings (SSSR count). The van der Waals surface area contributed by atoms with Crippen LogP contribution in [0.4, 0.5) is 0 Å². The van der Waals surface area contributed by atoms with Gasteiger partial charge in [-0.1, -0.05) is 58.4 Å². The van der Waals surface area contributed by atoms with E-state index in [1.807, 2.05) is 18.2 Å². The molecule has 0 heterocycles. The molecule has 0 radical (unpaired) electrons. The van der Waals surface area contributed by atoms with E-state index < -0.39 is 7.82 Å². The molecular formula is C13H18BrO4P. The van der Waals surface area contributed by atoms with Gasteiger partial charge in [-0.3, -0.25) is 9.05 Å². The molecule has 1 aromatic rings. The van der Waals surface area contributed by atoms with Gasteiger partial charge in [0.2, 0.25) is 0 Å². The Kier molecular flexibility index (Phi) is 10.7. The van der Waals surface area contributed by atoms with Gasteiger partial charge in [0.15, 0.2) is 0 Å². The minimum Gasteiger partial charge on any atom is -0.302 e. The molecule has 0 atom stereocenters. The molecule has 0 spiro atoms. The number of benzene rings is 1. The summed E-state index contributed by atoms with van der Waals surface area (Å²) in [7, 11) is -3.87. The summed E-state index contributed by atoms with van der Waals surface area (Å²) < 4.78 is 19.6. The average molecular weight is 349 g/mol. The van der Waals surface area contributed by atoms with E-state index in [4.69, 9.17) is 4.89 Å². The Hall–Kier alpha value is -0.710. The predicted molar refractivity (Wildman–Crippen MR) is 81.2 cm³/mol. The summed E-state index contributed by atoms with van der Waals surface area (Å²) in [5.41, 5.74) is 1.33. The van der Waals surface area contributed by atoms with Crippen LogP contribution in [-0.4, -0.2) is 18.1 Å². The van der Waals surface area contributed by atoms with Gasteiger partial charge in [0.1, 0.15) is 0 Å². The lowest BCUT2D eigenvalue weighted by molar-refractivity contribution is 0.174. The first kappa shape index (κ1) is 18.3. The summed E-state index contributed by atoms with van der Waals surface area (Å²) in [4.78, 5) is 8.79. The highest BCUT2D eigenvalue weighted by Gasteiger charge is 2.18. The molecule has 1 aromatic carbocycles. The Bertz CT molecular complexity index is 392. The van der Waals surface area contributed by atoms with Crippen LogP contribution in [0.5, 0.6) is 0 Å². The number of hydrogen-bond acceptors (Lipinski definition) is 3. The molecule has 0 bridgehead atoms. The Labute approximate surface area is 122 Å². The number of phosphoric acid groups is 1. The van der Waals surface area contributed by atoms with Crippen molar-refractivity contribution in [2.75, 3.05) is 13.2 Å². The van der Waals surface area contributed by atoms with Crippen LogP contribution in [0.2, 0.25) is 0 Å². The van der Waals surface area contributed by atoms with Gasteiger partial charge in [-0.25, -0.2) is 4.57 Å². The normalized spacial score (nSPS) is 10.2. The van der Waals surface area contributed by atoms with E-state index in [0.29, 0.717) is 0 Å². The predicted octanol–water partition coefficient (Wildman–Crippen LogP) is 4.07. The van der Waals surface area contributed by atoms with Crippen LogP contribution in [-0.2, 0) is 18.9 Å². The van der Waals surface area contributed by atoms with Crippen molar-refractivity contribution in [1.29, 1.82) is 0 Å². The van der Waals surface area contributed by atoms with Crippen LogP contribution < -0.4 is 0 Å². The van der Waals surface area contributed by atoms with Gasteiger partial charge in [0, 0.05) is 5.33 Å². The summed E-state index contributed by atoms with van der Waals surface area (Å²) in [6, 6.07) is 10.3. The third kappa shape index (κ3) is 10.9. The van der Waals surface area contributed by atoms with Crippen molar-refractivity contribution in [1.82, 2.24) is 0 Å². The Morgan fingerprint density at radius 1 is 1.16 bits per heavy atom. The lowest BCUT2D eigenvalue weighted by Gasteiger charge is -2.08. The first-order valence-corrected chi connectivity index (χ1v) is 8.11. The van der Waals surface area contributed by atoms with Crippen molar-refractivity contribution >= 4 is 23.8 Å². The number of alkyl halides is 1.